The number of rotatable bonds is 10. The minimum absolute atomic E-state index is 0.0121. The van der Waals surface area contributed by atoms with Gasteiger partial charge in [0.25, 0.3) is 5.91 Å². The van der Waals surface area contributed by atoms with Crippen molar-refractivity contribution < 1.29 is 14.3 Å². The van der Waals surface area contributed by atoms with Gasteiger partial charge in [-0.05, 0) is 44.0 Å². The minimum atomic E-state index is -1.17. The van der Waals surface area contributed by atoms with Crippen molar-refractivity contribution in [2.24, 2.45) is 0 Å². The van der Waals surface area contributed by atoms with Gasteiger partial charge in [-0.3, -0.25) is 4.79 Å². The van der Waals surface area contributed by atoms with E-state index < -0.39 is 8.07 Å². The van der Waals surface area contributed by atoms with Crippen LogP contribution in [0.25, 0.3) is 11.2 Å². The zero-order valence-corrected chi connectivity index (χ0v) is 20.9. The first-order chi connectivity index (χ1) is 15.2. The zero-order valence-electron chi connectivity index (χ0n) is 19.9. The molecule has 0 fully saturated rings. The maximum Gasteiger partial charge on any atom is 0.255 e. The van der Waals surface area contributed by atoms with E-state index in [9.17, 15) is 4.79 Å². The van der Waals surface area contributed by atoms with Crippen LogP contribution in [-0.4, -0.2) is 41.2 Å². The van der Waals surface area contributed by atoms with Crippen LogP contribution in [0.5, 0.6) is 11.6 Å². The lowest BCUT2D eigenvalue weighted by molar-refractivity contribution is 0.0890. The molecular weight excluding hydrogens is 420 g/mol. The molecule has 0 saturated carbocycles. The average Bonchev–Trinajstić information content (AvgIpc) is 3.08. The van der Waals surface area contributed by atoms with Gasteiger partial charge >= 0.3 is 0 Å². The summed E-state index contributed by atoms with van der Waals surface area (Å²) in [6.07, 6.45) is 4.27. The molecule has 32 heavy (non-hydrogen) atoms. The van der Waals surface area contributed by atoms with Gasteiger partial charge in [-0.25, -0.2) is 9.97 Å². The quantitative estimate of drug-likeness (QED) is 0.335. The second kappa shape index (κ2) is 10.3. The molecule has 0 atom stereocenters. The lowest BCUT2D eigenvalue weighted by Crippen LogP contribution is -2.30. The summed E-state index contributed by atoms with van der Waals surface area (Å²) in [6.45, 7) is 13.9. The molecule has 0 spiro atoms. The normalized spacial score (nSPS) is 11.8. The molecule has 0 unspecified atom stereocenters. The Bertz CT molecular complexity index is 1070. The number of carbonyl (C=O) groups excluding carboxylic acids is 1. The van der Waals surface area contributed by atoms with Crippen molar-refractivity contribution in [3.63, 3.8) is 0 Å². The second-order valence-corrected chi connectivity index (χ2v) is 15.1. The first-order valence-electron chi connectivity index (χ1n) is 11.2. The Hall–Kier alpha value is -2.71. The molecule has 2 aromatic heterocycles. The van der Waals surface area contributed by atoms with E-state index in [1.807, 2.05) is 36.6 Å². The van der Waals surface area contributed by atoms with Gasteiger partial charge in [0.15, 0.2) is 5.65 Å². The highest BCUT2D eigenvalue weighted by molar-refractivity contribution is 6.76. The van der Waals surface area contributed by atoms with E-state index in [0.29, 0.717) is 41.7 Å². The van der Waals surface area contributed by atoms with E-state index >= 15 is 0 Å². The molecule has 0 aliphatic rings. The van der Waals surface area contributed by atoms with Crippen molar-refractivity contribution in [1.82, 2.24) is 19.9 Å². The molecule has 7 nitrogen and oxygen atoms in total. The number of aryl methyl sites for hydroxylation is 1. The van der Waals surface area contributed by atoms with Gasteiger partial charge in [0, 0.05) is 26.9 Å². The van der Waals surface area contributed by atoms with Gasteiger partial charge < -0.3 is 19.4 Å². The van der Waals surface area contributed by atoms with Crippen molar-refractivity contribution in [1.29, 1.82) is 0 Å². The monoisotopic (exact) mass is 454 g/mol. The van der Waals surface area contributed by atoms with Gasteiger partial charge in [-0.1, -0.05) is 38.7 Å². The predicted molar refractivity (Wildman–Crippen MR) is 130 cm³/mol. The molecule has 1 N–H and O–H groups in total. The molecule has 0 saturated heterocycles. The van der Waals surface area contributed by atoms with Gasteiger partial charge in [-0.15, -0.1) is 0 Å². The fourth-order valence-electron chi connectivity index (χ4n) is 3.18. The lowest BCUT2D eigenvalue weighted by Gasteiger charge is -2.15. The number of nitrogens with one attached hydrogen (secondary N) is 1. The Balaban J connectivity index is 1.89. The first-order valence-corrected chi connectivity index (χ1v) is 14.9. The van der Waals surface area contributed by atoms with Crippen molar-refractivity contribution in [2.45, 2.75) is 65.6 Å². The van der Waals surface area contributed by atoms with E-state index in [4.69, 9.17) is 9.47 Å². The van der Waals surface area contributed by atoms with E-state index in [0.717, 1.165) is 12.5 Å². The maximum atomic E-state index is 12.8. The average molecular weight is 455 g/mol. The molecule has 8 heteroatoms. The zero-order chi connectivity index (χ0) is 23.3. The summed E-state index contributed by atoms with van der Waals surface area (Å²) in [4.78, 5) is 22.0. The Labute approximate surface area is 191 Å². The van der Waals surface area contributed by atoms with Crippen LogP contribution in [0.2, 0.25) is 25.7 Å². The summed E-state index contributed by atoms with van der Waals surface area (Å²) in [5.41, 5.74) is 2.74. The molecule has 172 valence electrons. The van der Waals surface area contributed by atoms with Crippen LogP contribution in [0, 0.1) is 0 Å². The molecule has 3 rings (SSSR count). The second-order valence-electron chi connectivity index (χ2n) is 9.47. The molecular formula is C24H34N4O3Si. The van der Waals surface area contributed by atoms with Crippen LogP contribution in [0.4, 0.5) is 0 Å². The number of aromatic nitrogens is 3. The molecule has 0 aliphatic carbocycles. The predicted octanol–water partition coefficient (Wildman–Crippen LogP) is 5.24. The molecule has 0 aliphatic heterocycles. The molecule has 1 aromatic carbocycles. The number of hydrogen-bond acceptors (Lipinski definition) is 5. The lowest BCUT2D eigenvalue weighted by atomic mass is 10.2. The van der Waals surface area contributed by atoms with Crippen LogP contribution >= 0.6 is 0 Å². The summed E-state index contributed by atoms with van der Waals surface area (Å²) in [5.74, 6) is 0.854. The number of benzene rings is 1. The Kier molecular flexibility index (Phi) is 7.68. The van der Waals surface area contributed by atoms with E-state index in [1.165, 1.54) is 5.56 Å². The number of fused-ring (bicyclic) bond motifs is 1. The summed E-state index contributed by atoms with van der Waals surface area (Å²) in [6, 6.07) is 8.96. The van der Waals surface area contributed by atoms with E-state index in [1.54, 1.807) is 12.4 Å². The van der Waals surface area contributed by atoms with Gasteiger partial charge in [0.05, 0.1) is 11.8 Å². The summed E-state index contributed by atoms with van der Waals surface area (Å²) < 4.78 is 13.7. The Morgan fingerprint density at radius 3 is 2.72 bits per heavy atom. The third-order valence-electron chi connectivity index (χ3n) is 4.96. The number of amides is 1. The van der Waals surface area contributed by atoms with Crippen molar-refractivity contribution in [3.8, 4) is 11.6 Å². The Morgan fingerprint density at radius 1 is 1.25 bits per heavy atom. The molecule has 3 aromatic rings. The van der Waals surface area contributed by atoms with Gasteiger partial charge in [-0.2, -0.15) is 0 Å². The summed E-state index contributed by atoms with van der Waals surface area (Å²) >= 11 is 0. The smallest absolute Gasteiger partial charge is 0.255 e. The van der Waals surface area contributed by atoms with Crippen molar-refractivity contribution in [3.05, 3.63) is 47.8 Å². The van der Waals surface area contributed by atoms with Crippen LogP contribution in [0.3, 0.4) is 0 Å². The van der Waals surface area contributed by atoms with Crippen LogP contribution < -0.4 is 10.1 Å². The third-order valence-corrected chi connectivity index (χ3v) is 6.67. The highest BCUT2D eigenvalue weighted by Gasteiger charge is 2.20. The fourth-order valence-corrected chi connectivity index (χ4v) is 3.94. The van der Waals surface area contributed by atoms with Gasteiger partial charge in [0.2, 0.25) is 5.88 Å². The standard InChI is InChI=1S/C24H34N4O3Si/c1-7-18-9-8-10-19(13-18)31-21-14-25-23-22(27-21)20(24(29)26-17(2)3)15-28(23)16-30-11-12-32(4,5)6/h8-10,13-15,17H,7,11-12,16H2,1-6H3,(H,26,29). The SMILES string of the molecule is CCc1cccc(Oc2cnc3c(n2)c(C(=O)NC(C)C)cn3COCC[Si](C)(C)C)c1. The topological polar surface area (TPSA) is 78.3 Å². The summed E-state index contributed by atoms with van der Waals surface area (Å²) in [7, 11) is -1.17. The largest absolute Gasteiger partial charge is 0.437 e. The van der Waals surface area contributed by atoms with Crippen molar-refractivity contribution in [2.75, 3.05) is 6.61 Å². The first kappa shape index (κ1) is 23.9. The number of nitrogens with zero attached hydrogens (tertiary/aromatic N) is 3. The fraction of sp³-hybridized carbons (Fsp3) is 0.458. The van der Waals surface area contributed by atoms with Crippen LogP contribution in [0.1, 0.15) is 36.7 Å². The maximum absolute atomic E-state index is 12.8. The Morgan fingerprint density at radius 2 is 2.03 bits per heavy atom. The van der Waals surface area contributed by atoms with Crippen LogP contribution in [0.15, 0.2) is 36.7 Å². The highest BCUT2D eigenvalue weighted by Crippen LogP contribution is 2.25. The van der Waals surface area contributed by atoms with E-state index in [-0.39, 0.29) is 11.9 Å². The number of ether oxygens (including phenoxy) is 2. The molecule has 0 bridgehead atoms. The number of carbonyl (C=O) groups is 1. The van der Waals surface area contributed by atoms with E-state index in [2.05, 4.69) is 47.9 Å². The van der Waals surface area contributed by atoms with Crippen molar-refractivity contribution >= 4 is 25.1 Å². The van der Waals surface area contributed by atoms with Gasteiger partial charge in [0.1, 0.15) is 18.0 Å². The highest BCUT2D eigenvalue weighted by atomic mass is 28.3. The summed E-state index contributed by atoms with van der Waals surface area (Å²) in [5, 5.41) is 2.94. The molecule has 0 radical (unpaired) electrons. The molecule has 2 heterocycles. The van der Waals surface area contributed by atoms with Crippen LogP contribution in [-0.2, 0) is 17.9 Å². The minimum Gasteiger partial charge on any atom is -0.437 e. The number of hydrogen-bond donors (Lipinski definition) is 1. The third kappa shape index (κ3) is 6.40. The molecule has 1 amide bonds.